The highest BCUT2D eigenvalue weighted by Crippen LogP contribution is 2.24. The van der Waals surface area contributed by atoms with Gasteiger partial charge in [-0.25, -0.2) is 4.98 Å². The molecule has 0 spiro atoms. The van der Waals surface area contributed by atoms with Gasteiger partial charge in [-0.05, 0) is 67.5 Å². The average Bonchev–Trinajstić information content (AvgIpc) is 2.86. The molecule has 3 heterocycles. The van der Waals surface area contributed by atoms with Crippen LogP contribution in [0.2, 0.25) is 0 Å². The molecule has 0 unspecified atom stereocenters. The van der Waals surface area contributed by atoms with Gasteiger partial charge in [0.2, 0.25) is 0 Å². The number of para-hydroxylation sites is 1. The number of anilines is 1. The molecule has 0 saturated heterocycles. The lowest BCUT2D eigenvalue weighted by Crippen LogP contribution is -2.14. The molecular formula is C28H31N3O3. The van der Waals surface area contributed by atoms with Gasteiger partial charge in [-0.1, -0.05) is 30.3 Å². The number of hydrogen-bond acceptors (Lipinski definition) is 6. The Morgan fingerprint density at radius 1 is 1.18 bits per heavy atom. The number of nitrogens with one attached hydrogen (secondary N) is 1. The summed E-state index contributed by atoms with van der Waals surface area (Å²) in [4.78, 5) is 34.0. The zero-order valence-corrected chi connectivity index (χ0v) is 19.7. The van der Waals surface area contributed by atoms with E-state index in [0.717, 1.165) is 65.8 Å². The summed E-state index contributed by atoms with van der Waals surface area (Å²) < 4.78 is 5.14. The molecule has 2 aromatic heterocycles. The van der Waals surface area contributed by atoms with Crippen LogP contribution in [0.4, 0.5) is 5.82 Å². The summed E-state index contributed by atoms with van der Waals surface area (Å²) in [6.07, 6.45) is 8.22. The van der Waals surface area contributed by atoms with Gasteiger partial charge in [0.25, 0.3) is 0 Å². The number of ketones is 1. The SMILES string of the molecule is CCOC(=O)CC(=CCC(=O)CCCc1ccc2c(n1)NCCC2)c1cnc2ccccc2c1. The highest BCUT2D eigenvalue weighted by Gasteiger charge is 2.13. The molecule has 0 radical (unpaired) electrons. The highest BCUT2D eigenvalue weighted by molar-refractivity contribution is 5.90. The lowest BCUT2D eigenvalue weighted by molar-refractivity contribution is -0.141. The lowest BCUT2D eigenvalue weighted by Gasteiger charge is -2.17. The maximum atomic E-state index is 12.6. The minimum atomic E-state index is -0.304. The van der Waals surface area contributed by atoms with E-state index in [2.05, 4.69) is 22.4 Å². The van der Waals surface area contributed by atoms with Crippen LogP contribution in [0.15, 0.2) is 54.7 Å². The molecule has 1 aliphatic heterocycles. The number of aryl methyl sites for hydroxylation is 2. The molecule has 34 heavy (non-hydrogen) atoms. The van der Waals surface area contributed by atoms with E-state index in [1.54, 1.807) is 13.1 Å². The predicted molar refractivity (Wildman–Crippen MR) is 135 cm³/mol. The number of carbonyl (C=O) groups is 2. The minimum absolute atomic E-state index is 0.118. The second-order valence-corrected chi connectivity index (χ2v) is 8.56. The van der Waals surface area contributed by atoms with Crippen LogP contribution < -0.4 is 5.32 Å². The molecule has 0 amide bonds. The standard InChI is InChI=1S/C28H31N3O3/c1-2-34-27(33)18-21(23-17-22-7-3-4-11-26(22)30-19-23)13-15-25(32)10-5-9-24-14-12-20-8-6-16-29-28(20)31-24/h3-4,7,11-14,17,19H,2,5-6,8-10,15-16,18H2,1H3,(H,29,31). The molecule has 1 aromatic carbocycles. The second kappa shape index (κ2) is 11.5. The van der Waals surface area contributed by atoms with Crippen LogP contribution in [-0.2, 0) is 27.2 Å². The minimum Gasteiger partial charge on any atom is -0.466 e. The third-order valence-electron chi connectivity index (χ3n) is 6.02. The van der Waals surface area contributed by atoms with Crippen molar-refractivity contribution in [2.45, 2.75) is 51.9 Å². The molecule has 1 N–H and O–H groups in total. The zero-order valence-electron chi connectivity index (χ0n) is 19.7. The van der Waals surface area contributed by atoms with Crippen molar-refractivity contribution in [1.29, 1.82) is 0 Å². The molecule has 0 bridgehead atoms. The van der Waals surface area contributed by atoms with Crippen LogP contribution in [0, 0.1) is 0 Å². The number of allylic oxidation sites excluding steroid dienone is 1. The number of ether oxygens (including phenoxy) is 1. The third-order valence-corrected chi connectivity index (χ3v) is 6.02. The molecule has 1 aliphatic rings. The Labute approximate surface area is 200 Å². The fourth-order valence-electron chi connectivity index (χ4n) is 4.22. The van der Waals surface area contributed by atoms with E-state index in [0.29, 0.717) is 13.0 Å². The molecule has 0 saturated carbocycles. The van der Waals surface area contributed by atoms with E-state index in [-0.39, 0.29) is 24.6 Å². The maximum absolute atomic E-state index is 12.6. The number of hydrogen-bond donors (Lipinski definition) is 1. The number of pyridine rings is 2. The van der Waals surface area contributed by atoms with Gasteiger partial charge in [0, 0.05) is 36.7 Å². The van der Waals surface area contributed by atoms with Gasteiger partial charge >= 0.3 is 5.97 Å². The van der Waals surface area contributed by atoms with Crippen molar-refractivity contribution in [3.05, 3.63) is 71.6 Å². The summed E-state index contributed by atoms with van der Waals surface area (Å²) in [5.74, 6) is 0.832. The fraction of sp³-hybridized carbons (Fsp3) is 0.357. The average molecular weight is 458 g/mol. The molecule has 0 atom stereocenters. The van der Waals surface area contributed by atoms with Crippen LogP contribution in [0.1, 0.15) is 55.8 Å². The largest absolute Gasteiger partial charge is 0.466 e. The number of aromatic nitrogens is 2. The van der Waals surface area contributed by atoms with Crippen molar-refractivity contribution in [2.75, 3.05) is 18.5 Å². The van der Waals surface area contributed by atoms with Crippen LogP contribution in [0.25, 0.3) is 16.5 Å². The van der Waals surface area contributed by atoms with Crippen molar-refractivity contribution < 1.29 is 14.3 Å². The number of rotatable bonds is 10. The summed E-state index contributed by atoms with van der Waals surface area (Å²) >= 11 is 0. The number of benzene rings is 1. The quantitative estimate of drug-likeness (QED) is 0.416. The van der Waals surface area contributed by atoms with Crippen molar-refractivity contribution >= 4 is 34.0 Å². The number of carbonyl (C=O) groups excluding carboxylic acids is 2. The van der Waals surface area contributed by atoms with Crippen molar-refractivity contribution in [1.82, 2.24) is 9.97 Å². The molecule has 0 fully saturated rings. The van der Waals surface area contributed by atoms with Crippen LogP contribution in [-0.4, -0.2) is 34.9 Å². The van der Waals surface area contributed by atoms with E-state index < -0.39 is 0 Å². The Morgan fingerprint density at radius 3 is 2.94 bits per heavy atom. The lowest BCUT2D eigenvalue weighted by atomic mass is 9.99. The third kappa shape index (κ3) is 6.28. The first-order valence-electron chi connectivity index (χ1n) is 12.1. The Hall–Kier alpha value is -3.54. The van der Waals surface area contributed by atoms with Gasteiger partial charge in [0.1, 0.15) is 11.6 Å². The zero-order chi connectivity index (χ0) is 23.8. The Balaban J connectivity index is 1.38. The number of nitrogens with zero attached hydrogens (tertiary/aromatic N) is 2. The molecule has 6 nitrogen and oxygen atoms in total. The summed E-state index contributed by atoms with van der Waals surface area (Å²) in [5.41, 5.74) is 4.79. The maximum Gasteiger partial charge on any atom is 0.310 e. The first kappa shape index (κ1) is 23.6. The van der Waals surface area contributed by atoms with Crippen molar-refractivity contribution in [3.63, 3.8) is 0 Å². The summed E-state index contributed by atoms with van der Waals surface area (Å²) in [6.45, 7) is 3.08. The van der Waals surface area contributed by atoms with E-state index in [9.17, 15) is 9.59 Å². The van der Waals surface area contributed by atoms with E-state index in [1.807, 2.05) is 36.4 Å². The predicted octanol–water partition coefficient (Wildman–Crippen LogP) is 5.31. The second-order valence-electron chi connectivity index (χ2n) is 8.56. The highest BCUT2D eigenvalue weighted by atomic mass is 16.5. The normalized spacial score (nSPS) is 13.3. The monoisotopic (exact) mass is 457 g/mol. The molecule has 0 aliphatic carbocycles. The van der Waals surface area contributed by atoms with Gasteiger partial charge < -0.3 is 10.1 Å². The van der Waals surface area contributed by atoms with Gasteiger partial charge in [-0.3, -0.25) is 14.6 Å². The molecular weight excluding hydrogens is 426 g/mol. The van der Waals surface area contributed by atoms with E-state index in [1.165, 1.54) is 5.56 Å². The van der Waals surface area contributed by atoms with E-state index >= 15 is 0 Å². The number of Topliss-reactive ketones (excluding diaryl/α,β-unsaturated/α-hetero) is 1. The Morgan fingerprint density at radius 2 is 2.06 bits per heavy atom. The first-order valence-corrected chi connectivity index (χ1v) is 12.1. The Kier molecular flexibility index (Phi) is 8.02. The number of esters is 1. The summed E-state index contributed by atoms with van der Waals surface area (Å²) in [5, 5.41) is 4.35. The molecule has 6 heteroatoms. The van der Waals surface area contributed by atoms with Gasteiger partial charge in [-0.15, -0.1) is 0 Å². The summed E-state index contributed by atoms with van der Waals surface area (Å²) in [6, 6.07) is 14.1. The van der Waals surface area contributed by atoms with Crippen LogP contribution in [0.3, 0.4) is 0 Å². The van der Waals surface area contributed by atoms with Gasteiger partial charge in [-0.2, -0.15) is 0 Å². The molecule has 176 valence electrons. The topological polar surface area (TPSA) is 81.2 Å². The van der Waals surface area contributed by atoms with Crippen LogP contribution >= 0.6 is 0 Å². The van der Waals surface area contributed by atoms with Crippen molar-refractivity contribution in [2.24, 2.45) is 0 Å². The van der Waals surface area contributed by atoms with Gasteiger partial charge in [0.05, 0.1) is 18.5 Å². The fourth-order valence-corrected chi connectivity index (χ4v) is 4.22. The Bertz CT molecular complexity index is 1200. The van der Waals surface area contributed by atoms with Gasteiger partial charge in [0.15, 0.2) is 0 Å². The number of fused-ring (bicyclic) bond motifs is 2. The summed E-state index contributed by atoms with van der Waals surface area (Å²) in [7, 11) is 0. The van der Waals surface area contributed by atoms with Crippen molar-refractivity contribution in [3.8, 4) is 0 Å². The molecule has 4 rings (SSSR count). The molecule has 3 aromatic rings. The van der Waals surface area contributed by atoms with E-state index in [4.69, 9.17) is 9.72 Å². The van der Waals surface area contributed by atoms with Crippen LogP contribution in [0.5, 0.6) is 0 Å². The smallest absolute Gasteiger partial charge is 0.310 e. The first-order chi connectivity index (χ1) is 16.6.